The third kappa shape index (κ3) is 2.10. The topological polar surface area (TPSA) is 68.1 Å². The van der Waals surface area contributed by atoms with Crippen LogP contribution in [0.4, 0.5) is 0 Å². The molecule has 0 unspecified atom stereocenters. The van der Waals surface area contributed by atoms with Crippen LogP contribution in [0.2, 0.25) is 0 Å². The molecule has 0 bridgehead atoms. The Morgan fingerprint density at radius 3 is 2.94 bits per heavy atom. The van der Waals surface area contributed by atoms with Crippen LogP contribution in [0.5, 0.6) is 0 Å². The second-order valence-electron chi connectivity index (χ2n) is 4.00. The molecule has 0 atom stereocenters. The fourth-order valence-corrected chi connectivity index (χ4v) is 1.83. The molecule has 0 aromatic carbocycles. The van der Waals surface area contributed by atoms with Crippen molar-refractivity contribution in [1.82, 2.24) is 19.9 Å². The molecule has 86 valence electrons. The predicted octanol–water partition coefficient (Wildman–Crippen LogP) is -0.0410. The number of carbonyl (C=O) groups is 2. The number of carbonyl (C=O) groups excluding carboxylic acids is 2. The van der Waals surface area contributed by atoms with Crippen LogP contribution in [-0.2, 0) is 11.3 Å². The van der Waals surface area contributed by atoms with Crippen molar-refractivity contribution in [1.29, 1.82) is 0 Å². The minimum Gasteiger partial charge on any atom is -0.342 e. The molecular formula is C10H14N4O2. The number of hydrogen-bond acceptors (Lipinski definition) is 4. The van der Waals surface area contributed by atoms with Gasteiger partial charge in [0.15, 0.2) is 6.29 Å². The lowest BCUT2D eigenvalue weighted by Crippen LogP contribution is -2.51. The van der Waals surface area contributed by atoms with Gasteiger partial charge in [-0.05, 0) is 0 Å². The molecule has 1 aromatic heterocycles. The summed E-state index contributed by atoms with van der Waals surface area (Å²) in [7, 11) is 0. The summed E-state index contributed by atoms with van der Waals surface area (Å²) >= 11 is 0. The Bertz CT molecular complexity index is 395. The fourth-order valence-electron chi connectivity index (χ4n) is 1.83. The highest BCUT2D eigenvalue weighted by atomic mass is 16.2. The lowest BCUT2D eigenvalue weighted by atomic mass is 10.00. The molecule has 0 saturated carbocycles. The van der Waals surface area contributed by atoms with Crippen LogP contribution in [0.25, 0.3) is 0 Å². The van der Waals surface area contributed by atoms with Gasteiger partial charge in [0.05, 0.1) is 6.20 Å². The van der Waals surface area contributed by atoms with Crippen molar-refractivity contribution < 1.29 is 9.59 Å². The maximum absolute atomic E-state index is 11.3. The van der Waals surface area contributed by atoms with Gasteiger partial charge >= 0.3 is 0 Å². The van der Waals surface area contributed by atoms with Gasteiger partial charge in [0.25, 0.3) is 0 Å². The van der Waals surface area contributed by atoms with Crippen LogP contribution < -0.4 is 0 Å². The van der Waals surface area contributed by atoms with E-state index >= 15 is 0 Å². The molecule has 2 rings (SSSR count). The van der Waals surface area contributed by atoms with Crippen LogP contribution in [0.3, 0.4) is 0 Å². The number of hydrogen-bond donors (Lipinski definition) is 0. The quantitative estimate of drug-likeness (QED) is 0.670. The Morgan fingerprint density at radius 1 is 1.62 bits per heavy atom. The Balaban J connectivity index is 1.81. The van der Waals surface area contributed by atoms with Crippen molar-refractivity contribution in [2.75, 3.05) is 13.1 Å². The number of nitrogens with zero attached hydrogens (tertiary/aromatic N) is 4. The van der Waals surface area contributed by atoms with Gasteiger partial charge in [-0.25, -0.2) is 0 Å². The number of likely N-dealkylation sites (tertiary alicyclic amines) is 1. The summed E-state index contributed by atoms with van der Waals surface area (Å²) in [6.45, 7) is 4.14. The van der Waals surface area contributed by atoms with Crippen molar-refractivity contribution in [3.8, 4) is 0 Å². The van der Waals surface area contributed by atoms with Crippen LogP contribution in [-0.4, -0.2) is 45.2 Å². The Hall–Kier alpha value is -1.72. The van der Waals surface area contributed by atoms with E-state index in [1.54, 1.807) is 10.9 Å². The highest BCUT2D eigenvalue weighted by Crippen LogP contribution is 2.17. The molecule has 0 spiro atoms. The van der Waals surface area contributed by atoms with Gasteiger partial charge in [0, 0.05) is 32.0 Å². The van der Waals surface area contributed by atoms with Gasteiger partial charge in [-0.1, -0.05) is 12.1 Å². The van der Waals surface area contributed by atoms with Gasteiger partial charge in [0.1, 0.15) is 5.69 Å². The molecule has 0 radical (unpaired) electrons. The SMILES string of the molecule is CCC(=O)N1CC(Cn2cc(C=O)nn2)C1. The minimum atomic E-state index is 0.198. The molecule has 1 aromatic rings. The number of aldehydes is 1. The summed E-state index contributed by atoms with van der Waals surface area (Å²) in [6.07, 6.45) is 2.86. The Morgan fingerprint density at radius 2 is 2.38 bits per heavy atom. The van der Waals surface area contributed by atoms with E-state index in [1.807, 2.05) is 11.8 Å². The summed E-state index contributed by atoms with van der Waals surface area (Å²) in [5, 5.41) is 7.51. The van der Waals surface area contributed by atoms with Crippen molar-refractivity contribution >= 4 is 12.2 Å². The average Bonchev–Trinajstić information content (AvgIpc) is 2.69. The molecule has 0 aliphatic carbocycles. The van der Waals surface area contributed by atoms with Crippen LogP contribution >= 0.6 is 0 Å². The highest BCUT2D eigenvalue weighted by Gasteiger charge is 2.29. The number of aromatic nitrogens is 3. The molecule has 1 aliphatic heterocycles. The zero-order chi connectivity index (χ0) is 11.5. The molecule has 1 aliphatic rings. The summed E-state index contributed by atoms with van der Waals surface area (Å²) in [5.74, 6) is 0.625. The lowest BCUT2D eigenvalue weighted by molar-refractivity contribution is -0.137. The van der Waals surface area contributed by atoms with Gasteiger partial charge in [0.2, 0.25) is 5.91 Å². The Kier molecular flexibility index (Phi) is 2.98. The van der Waals surface area contributed by atoms with Crippen molar-refractivity contribution in [3.63, 3.8) is 0 Å². The van der Waals surface area contributed by atoms with Gasteiger partial charge < -0.3 is 4.90 Å². The van der Waals surface area contributed by atoms with Crippen molar-refractivity contribution in [3.05, 3.63) is 11.9 Å². The monoisotopic (exact) mass is 222 g/mol. The molecule has 1 amide bonds. The number of rotatable bonds is 4. The molecule has 6 heteroatoms. The largest absolute Gasteiger partial charge is 0.342 e. The average molecular weight is 222 g/mol. The van der Waals surface area contributed by atoms with E-state index in [9.17, 15) is 9.59 Å². The second-order valence-corrected chi connectivity index (χ2v) is 4.00. The third-order valence-corrected chi connectivity index (χ3v) is 2.73. The maximum atomic E-state index is 11.3. The normalized spacial score (nSPS) is 15.9. The van der Waals surface area contributed by atoms with Gasteiger partial charge in [-0.15, -0.1) is 5.10 Å². The van der Waals surface area contributed by atoms with E-state index in [0.717, 1.165) is 13.1 Å². The van der Waals surface area contributed by atoms with Crippen LogP contribution in [0.1, 0.15) is 23.8 Å². The van der Waals surface area contributed by atoms with Gasteiger partial charge in [-0.3, -0.25) is 14.3 Å². The molecular weight excluding hydrogens is 208 g/mol. The summed E-state index contributed by atoms with van der Waals surface area (Å²) in [6, 6.07) is 0. The van der Waals surface area contributed by atoms with E-state index in [2.05, 4.69) is 10.3 Å². The van der Waals surface area contributed by atoms with E-state index < -0.39 is 0 Å². The van der Waals surface area contributed by atoms with E-state index in [1.165, 1.54) is 0 Å². The second kappa shape index (κ2) is 4.42. The number of amides is 1. The summed E-state index contributed by atoms with van der Waals surface area (Å²) in [5.41, 5.74) is 0.348. The fraction of sp³-hybridized carbons (Fsp3) is 0.600. The Labute approximate surface area is 93.2 Å². The van der Waals surface area contributed by atoms with Gasteiger partial charge in [-0.2, -0.15) is 0 Å². The first-order valence-corrected chi connectivity index (χ1v) is 5.36. The first-order chi connectivity index (χ1) is 7.72. The molecule has 1 fully saturated rings. The zero-order valence-corrected chi connectivity index (χ0v) is 9.17. The molecule has 0 N–H and O–H groups in total. The first kappa shape index (κ1) is 10.8. The lowest BCUT2D eigenvalue weighted by Gasteiger charge is -2.39. The molecule has 1 saturated heterocycles. The highest BCUT2D eigenvalue weighted by molar-refractivity contribution is 5.76. The zero-order valence-electron chi connectivity index (χ0n) is 9.17. The van der Waals surface area contributed by atoms with Crippen LogP contribution in [0.15, 0.2) is 6.20 Å². The van der Waals surface area contributed by atoms with E-state index in [0.29, 0.717) is 30.9 Å². The summed E-state index contributed by atoms with van der Waals surface area (Å²) < 4.78 is 1.65. The van der Waals surface area contributed by atoms with Crippen molar-refractivity contribution in [2.45, 2.75) is 19.9 Å². The summed E-state index contributed by atoms with van der Waals surface area (Å²) in [4.78, 5) is 23.5. The standard InChI is InChI=1S/C10H14N4O2/c1-2-10(16)13-3-8(4-13)5-14-6-9(7-15)11-12-14/h6-8H,2-5H2,1H3. The minimum absolute atomic E-state index is 0.198. The van der Waals surface area contributed by atoms with Crippen LogP contribution in [0, 0.1) is 5.92 Å². The smallest absolute Gasteiger partial charge is 0.222 e. The maximum Gasteiger partial charge on any atom is 0.222 e. The molecule has 6 nitrogen and oxygen atoms in total. The first-order valence-electron chi connectivity index (χ1n) is 5.36. The molecule has 2 heterocycles. The van der Waals surface area contributed by atoms with Crippen molar-refractivity contribution in [2.24, 2.45) is 5.92 Å². The predicted molar refractivity (Wildman–Crippen MR) is 55.8 cm³/mol. The van der Waals surface area contributed by atoms with E-state index in [4.69, 9.17) is 0 Å². The molecule has 16 heavy (non-hydrogen) atoms. The van der Waals surface area contributed by atoms with E-state index in [-0.39, 0.29) is 5.91 Å². The third-order valence-electron chi connectivity index (χ3n) is 2.73.